The molecule has 0 radical (unpaired) electrons. The Morgan fingerprint density at radius 2 is 1.70 bits per heavy atom. The van der Waals surface area contributed by atoms with E-state index in [2.05, 4.69) is 12.1 Å². The summed E-state index contributed by atoms with van der Waals surface area (Å²) in [7, 11) is 0. The van der Waals surface area contributed by atoms with E-state index in [9.17, 15) is 14.4 Å². The van der Waals surface area contributed by atoms with Crippen LogP contribution in [0.3, 0.4) is 0 Å². The van der Waals surface area contributed by atoms with Gasteiger partial charge in [-0.25, -0.2) is 9.59 Å². The second kappa shape index (κ2) is 9.13. The van der Waals surface area contributed by atoms with E-state index in [0.29, 0.717) is 30.8 Å². The Kier molecular flexibility index (Phi) is 5.90. The van der Waals surface area contributed by atoms with E-state index in [4.69, 9.17) is 9.15 Å². The fourth-order valence-electron chi connectivity index (χ4n) is 4.95. The van der Waals surface area contributed by atoms with Crippen LogP contribution in [0.15, 0.2) is 63.8 Å². The van der Waals surface area contributed by atoms with Crippen molar-refractivity contribution in [2.45, 2.75) is 44.3 Å². The Hall–Kier alpha value is -3.55. The van der Waals surface area contributed by atoms with Gasteiger partial charge in [0.1, 0.15) is 6.61 Å². The van der Waals surface area contributed by atoms with E-state index in [1.165, 1.54) is 10.1 Å². The van der Waals surface area contributed by atoms with Gasteiger partial charge < -0.3 is 14.1 Å². The number of piperidine rings is 1. The number of carbonyl (C=O) groups is 2. The molecule has 33 heavy (non-hydrogen) atoms. The van der Waals surface area contributed by atoms with Crippen LogP contribution >= 0.6 is 0 Å². The molecule has 0 unspecified atom stereocenters. The highest BCUT2D eigenvalue weighted by atomic mass is 16.6. The van der Waals surface area contributed by atoms with Crippen LogP contribution in [0.1, 0.15) is 24.8 Å². The maximum atomic E-state index is 12.8. The SMILES string of the molecule is O=C(CCn1c(=O)oc2ccccc21)N1CCC(N2C(=O)OC[C@H]2Cc2ccccc2)CC1. The number of fused-ring (bicyclic) bond motifs is 1. The van der Waals surface area contributed by atoms with Gasteiger partial charge in [0, 0.05) is 32.1 Å². The number of carbonyl (C=O) groups excluding carboxylic acids is 2. The standard InChI is InChI=1S/C25H27N3O5/c29-23(12-15-27-21-8-4-5-9-22(21)33-24(27)30)26-13-10-19(11-14-26)28-20(17-32-25(28)31)16-18-6-2-1-3-7-18/h1-9,19-20H,10-17H2/t20-/m1/s1. The Balaban J connectivity index is 1.17. The molecule has 2 aliphatic rings. The molecule has 2 saturated heterocycles. The zero-order chi connectivity index (χ0) is 22.8. The molecule has 2 aromatic carbocycles. The summed E-state index contributed by atoms with van der Waals surface area (Å²) < 4.78 is 12.1. The largest absolute Gasteiger partial charge is 0.447 e. The first kappa shape index (κ1) is 21.3. The van der Waals surface area contributed by atoms with Gasteiger partial charge >= 0.3 is 11.8 Å². The number of amides is 2. The lowest BCUT2D eigenvalue weighted by Gasteiger charge is -2.38. The minimum atomic E-state index is -0.445. The average molecular weight is 450 g/mol. The van der Waals surface area contributed by atoms with Crippen LogP contribution < -0.4 is 5.76 Å². The van der Waals surface area contributed by atoms with Gasteiger partial charge in [-0.1, -0.05) is 42.5 Å². The molecular formula is C25H27N3O5. The molecular weight excluding hydrogens is 422 g/mol. The molecule has 3 heterocycles. The van der Waals surface area contributed by atoms with E-state index < -0.39 is 5.76 Å². The van der Waals surface area contributed by atoms with Gasteiger partial charge in [-0.15, -0.1) is 0 Å². The van der Waals surface area contributed by atoms with E-state index in [1.807, 2.05) is 46.2 Å². The number of cyclic esters (lactones) is 1. The lowest BCUT2D eigenvalue weighted by molar-refractivity contribution is -0.132. The lowest BCUT2D eigenvalue weighted by atomic mass is 9.99. The zero-order valence-corrected chi connectivity index (χ0v) is 18.4. The normalized spacial score (nSPS) is 19.3. The number of rotatable bonds is 6. The molecule has 0 spiro atoms. The van der Waals surface area contributed by atoms with Crippen molar-refractivity contribution in [1.82, 2.24) is 14.4 Å². The van der Waals surface area contributed by atoms with Gasteiger partial charge in [0.2, 0.25) is 5.91 Å². The van der Waals surface area contributed by atoms with Crippen molar-refractivity contribution in [2.24, 2.45) is 0 Å². The second-order valence-electron chi connectivity index (χ2n) is 8.68. The van der Waals surface area contributed by atoms with Crippen molar-refractivity contribution < 1.29 is 18.7 Å². The predicted molar refractivity (Wildman–Crippen MR) is 122 cm³/mol. The number of oxazole rings is 1. The van der Waals surface area contributed by atoms with Crippen molar-refractivity contribution in [2.75, 3.05) is 19.7 Å². The van der Waals surface area contributed by atoms with Crippen LogP contribution in [-0.4, -0.2) is 58.1 Å². The van der Waals surface area contributed by atoms with Crippen molar-refractivity contribution in [3.63, 3.8) is 0 Å². The molecule has 2 fully saturated rings. The van der Waals surface area contributed by atoms with Crippen LogP contribution in [0.4, 0.5) is 4.79 Å². The van der Waals surface area contributed by atoms with Gasteiger partial charge in [-0.3, -0.25) is 14.3 Å². The number of benzene rings is 2. The van der Waals surface area contributed by atoms with Gasteiger partial charge in [0.05, 0.1) is 11.6 Å². The molecule has 0 saturated carbocycles. The third-order valence-corrected chi connectivity index (χ3v) is 6.65. The number of para-hydroxylation sites is 2. The van der Waals surface area contributed by atoms with Crippen molar-refractivity contribution in [3.8, 4) is 0 Å². The first-order valence-corrected chi connectivity index (χ1v) is 11.5. The lowest BCUT2D eigenvalue weighted by Crippen LogP contribution is -2.50. The molecule has 3 aromatic rings. The minimum absolute atomic E-state index is 0.00969. The summed E-state index contributed by atoms with van der Waals surface area (Å²) in [6.45, 7) is 1.87. The number of aryl methyl sites for hydroxylation is 1. The van der Waals surface area contributed by atoms with Crippen LogP contribution in [0.25, 0.3) is 11.1 Å². The van der Waals surface area contributed by atoms with Gasteiger partial charge in [0.15, 0.2) is 5.58 Å². The summed E-state index contributed by atoms with van der Waals surface area (Å²) in [6.07, 6.45) is 2.18. The molecule has 5 rings (SSSR count). The molecule has 0 bridgehead atoms. The van der Waals surface area contributed by atoms with E-state index >= 15 is 0 Å². The van der Waals surface area contributed by atoms with Crippen LogP contribution in [0.5, 0.6) is 0 Å². The zero-order valence-electron chi connectivity index (χ0n) is 18.4. The number of aromatic nitrogens is 1. The quantitative estimate of drug-likeness (QED) is 0.578. The molecule has 1 aromatic heterocycles. The number of likely N-dealkylation sites (tertiary alicyclic amines) is 1. The van der Waals surface area contributed by atoms with E-state index in [-0.39, 0.29) is 37.0 Å². The summed E-state index contributed by atoms with van der Waals surface area (Å²) in [5, 5.41) is 0. The van der Waals surface area contributed by atoms with Crippen molar-refractivity contribution in [3.05, 3.63) is 70.7 Å². The highest BCUT2D eigenvalue weighted by molar-refractivity contribution is 5.77. The minimum Gasteiger partial charge on any atom is -0.447 e. The average Bonchev–Trinajstić information content (AvgIpc) is 3.36. The summed E-state index contributed by atoms with van der Waals surface area (Å²) >= 11 is 0. The van der Waals surface area contributed by atoms with Crippen LogP contribution in [-0.2, 0) is 22.5 Å². The number of hydrogen-bond acceptors (Lipinski definition) is 5. The van der Waals surface area contributed by atoms with Gasteiger partial charge in [0.25, 0.3) is 0 Å². The topological polar surface area (TPSA) is 85.0 Å². The highest BCUT2D eigenvalue weighted by Crippen LogP contribution is 2.26. The molecule has 8 heteroatoms. The summed E-state index contributed by atoms with van der Waals surface area (Å²) in [5.74, 6) is -0.435. The molecule has 2 aliphatic heterocycles. The summed E-state index contributed by atoms with van der Waals surface area (Å²) in [6, 6.07) is 17.4. The number of ether oxygens (including phenoxy) is 1. The van der Waals surface area contributed by atoms with E-state index in [0.717, 1.165) is 19.3 Å². The van der Waals surface area contributed by atoms with Gasteiger partial charge in [-0.2, -0.15) is 0 Å². The Morgan fingerprint density at radius 3 is 2.48 bits per heavy atom. The monoisotopic (exact) mass is 449 g/mol. The molecule has 8 nitrogen and oxygen atoms in total. The number of hydrogen-bond donors (Lipinski definition) is 0. The summed E-state index contributed by atoms with van der Waals surface area (Å²) in [5.41, 5.74) is 2.41. The molecule has 172 valence electrons. The Morgan fingerprint density at radius 1 is 0.970 bits per heavy atom. The van der Waals surface area contributed by atoms with Crippen molar-refractivity contribution in [1.29, 1.82) is 0 Å². The second-order valence-corrected chi connectivity index (χ2v) is 8.68. The third-order valence-electron chi connectivity index (χ3n) is 6.65. The van der Waals surface area contributed by atoms with Crippen LogP contribution in [0.2, 0.25) is 0 Å². The maximum absolute atomic E-state index is 12.8. The molecule has 0 aliphatic carbocycles. The van der Waals surface area contributed by atoms with Crippen LogP contribution in [0, 0.1) is 0 Å². The maximum Gasteiger partial charge on any atom is 0.419 e. The van der Waals surface area contributed by atoms with Gasteiger partial charge in [-0.05, 0) is 37.0 Å². The predicted octanol–water partition coefficient (Wildman–Crippen LogP) is 3.04. The smallest absolute Gasteiger partial charge is 0.419 e. The summed E-state index contributed by atoms with van der Waals surface area (Å²) in [4.78, 5) is 41.1. The fraction of sp³-hybridized carbons (Fsp3) is 0.400. The number of nitrogens with zero attached hydrogens (tertiary/aromatic N) is 3. The molecule has 1 atom stereocenters. The van der Waals surface area contributed by atoms with E-state index in [1.54, 1.807) is 6.07 Å². The first-order valence-electron chi connectivity index (χ1n) is 11.5. The van der Waals surface area contributed by atoms with Crippen molar-refractivity contribution >= 4 is 23.1 Å². The highest BCUT2D eigenvalue weighted by Gasteiger charge is 2.39. The Bertz CT molecular complexity index is 1190. The fourth-order valence-corrected chi connectivity index (χ4v) is 4.95. The molecule has 2 amide bonds. The third kappa shape index (κ3) is 4.37. The Labute approximate surface area is 191 Å². The first-order chi connectivity index (χ1) is 16.1. The molecule has 0 N–H and O–H groups in total.